The Kier molecular flexibility index (Phi) is 4.93. The molecule has 0 aromatic heterocycles. The van der Waals surface area contributed by atoms with E-state index in [1.807, 2.05) is 0 Å². The number of carbonyl (C=O) groups excluding carboxylic acids is 1. The van der Waals surface area contributed by atoms with Crippen LogP contribution in [0.2, 0.25) is 0 Å². The summed E-state index contributed by atoms with van der Waals surface area (Å²) in [5, 5.41) is 3.60. The largest absolute Gasteiger partial charge is 0.369 e. The fraction of sp³-hybridized carbons (Fsp3) is 0.533. The Bertz CT molecular complexity index is 425. The molecule has 1 amide bonds. The Labute approximate surface area is 115 Å². The van der Waals surface area contributed by atoms with Gasteiger partial charge in [-0.05, 0) is 25.3 Å². The molecule has 1 heterocycles. The van der Waals surface area contributed by atoms with Crippen LogP contribution >= 0.6 is 0 Å². The number of nitrogens with two attached hydrogens (primary N) is 1. The maximum absolute atomic E-state index is 10.9. The van der Waals surface area contributed by atoms with E-state index in [9.17, 15) is 4.79 Å². The topological polar surface area (TPSA) is 58.4 Å². The molecule has 104 valence electrons. The van der Waals surface area contributed by atoms with E-state index < -0.39 is 0 Å². The van der Waals surface area contributed by atoms with E-state index in [1.165, 1.54) is 11.1 Å². The van der Waals surface area contributed by atoms with E-state index in [0.717, 1.165) is 32.5 Å². The van der Waals surface area contributed by atoms with Gasteiger partial charge in [0.2, 0.25) is 5.91 Å². The molecule has 0 atom stereocenters. The molecule has 1 aliphatic rings. The molecule has 2 rings (SSSR count). The van der Waals surface area contributed by atoms with Crippen LogP contribution in [-0.4, -0.2) is 36.5 Å². The molecule has 1 aromatic carbocycles. The van der Waals surface area contributed by atoms with Crippen LogP contribution in [0.1, 0.15) is 24.0 Å². The summed E-state index contributed by atoms with van der Waals surface area (Å²) in [6, 6.07) is 9.13. The maximum atomic E-state index is 10.9. The first-order valence-electron chi connectivity index (χ1n) is 6.93. The van der Waals surface area contributed by atoms with Crippen LogP contribution in [0, 0.1) is 6.92 Å². The van der Waals surface area contributed by atoms with Crippen LogP contribution in [-0.2, 0) is 11.3 Å². The molecule has 0 saturated carbocycles. The first-order chi connectivity index (χ1) is 9.13. The number of benzene rings is 1. The minimum absolute atomic E-state index is 0.230. The smallest absolute Gasteiger partial charge is 0.231 e. The highest BCUT2D eigenvalue weighted by atomic mass is 16.1. The van der Waals surface area contributed by atoms with Crippen molar-refractivity contribution in [2.24, 2.45) is 5.73 Å². The number of aryl methyl sites for hydroxylation is 1. The Balaban J connectivity index is 1.72. The zero-order valence-electron chi connectivity index (χ0n) is 11.6. The van der Waals surface area contributed by atoms with E-state index in [4.69, 9.17) is 5.73 Å². The van der Waals surface area contributed by atoms with Crippen molar-refractivity contribution in [1.29, 1.82) is 0 Å². The second kappa shape index (κ2) is 6.68. The molecule has 1 aromatic rings. The van der Waals surface area contributed by atoms with Gasteiger partial charge in [0.25, 0.3) is 0 Å². The third-order valence-electron chi connectivity index (χ3n) is 3.64. The second-order valence-electron chi connectivity index (χ2n) is 5.39. The second-order valence-corrected chi connectivity index (χ2v) is 5.39. The van der Waals surface area contributed by atoms with Crippen LogP contribution in [0.15, 0.2) is 24.3 Å². The maximum Gasteiger partial charge on any atom is 0.231 e. The monoisotopic (exact) mass is 261 g/mol. The summed E-state index contributed by atoms with van der Waals surface area (Å²) in [6.45, 7) is 5.33. The van der Waals surface area contributed by atoms with Gasteiger partial charge >= 0.3 is 0 Å². The van der Waals surface area contributed by atoms with E-state index >= 15 is 0 Å². The van der Waals surface area contributed by atoms with E-state index in [-0.39, 0.29) is 5.91 Å². The van der Waals surface area contributed by atoms with Gasteiger partial charge in [-0.2, -0.15) is 0 Å². The summed E-state index contributed by atoms with van der Waals surface area (Å²) in [6.07, 6.45) is 2.16. The van der Waals surface area contributed by atoms with Crippen LogP contribution in [0.4, 0.5) is 0 Å². The number of amides is 1. The van der Waals surface area contributed by atoms with Gasteiger partial charge in [0.05, 0.1) is 6.54 Å². The molecule has 0 spiro atoms. The normalized spacial score (nSPS) is 17.5. The lowest BCUT2D eigenvalue weighted by atomic mass is 10.0. The van der Waals surface area contributed by atoms with Gasteiger partial charge in [-0.1, -0.05) is 29.8 Å². The van der Waals surface area contributed by atoms with E-state index in [1.54, 1.807) is 0 Å². The fourth-order valence-corrected chi connectivity index (χ4v) is 2.60. The number of rotatable bonds is 5. The number of primary amides is 1. The molecule has 0 unspecified atom stereocenters. The van der Waals surface area contributed by atoms with Gasteiger partial charge in [0.1, 0.15) is 0 Å². The van der Waals surface area contributed by atoms with Crippen molar-refractivity contribution in [3.63, 3.8) is 0 Å². The number of nitrogens with zero attached hydrogens (tertiary/aromatic N) is 1. The molecule has 1 saturated heterocycles. The molecule has 4 heteroatoms. The first-order valence-corrected chi connectivity index (χ1v) is 6.93. The van der Waals surface area contributed by atoms with Crippen LogP contribution in [0.3, 0.4) is 0 Å². The van der Waals surface area contributed by atoms with Crippen molar-refractivity contribution in [3.05, 3.63) is 35.4 Å². The number of hydrogen-bond acceptors (Lipinski definition) is 3. The van der Waals surface area contributed by atoms with Gasteiger partial charge in [0.15, 0.2) is 0 Å². The molecule has 0 aliphatic carbocycles. The summed E-state index contributed by atoms with van der Waals surface area (Å²) in [5.74, 6) is -0.230. The lowest BCUT2D eigenvalue weighted by Crippen LogP contribution is -2.45. The third kappa shape index (κ3) is 4.65. The molecule has 19 heavy (non-hydrogen) atoms. The standard InChI is InChI=1S/C15H23N3O/c1-12-3-2-4-13(9-12)10-17-14-5-7-18(8-6-14)11-15(16)19/h2-4,9,14,17H,5-8,10-11H2,1H3,(H2,16,19). The quantitative estimate of drug-likeness (QED) is 0.832. The van der Waals surface area contributed by atoms with E-state index in [2.05, 4.69) is 41.4 Å². The fourth-order valence-electron chi connectivity index (χ4n) is 2.60. The Morgan fingerprint density at radius 2 is 2.16 bits per heavy atom. The van der Waals surface area contributed by atoms with Crippen LogP contribution < -0.4 is 11.1 Å². The summed E-state index contributed by atoms with van der Waals surface area (Å²) < 4.78 is 0. The number of piperidine rings is 1. The molecule has 1 aliphatic heterocycles. The molecular weight excluding hydrogens is 238 g/mol. The highest BCUT2D eigenvalue weighted by molar-refractivity contribution is 5.75. The first kappa shape index (κ1) is 14.0. The van der Waals surface area contributed by atoms with Crippen molar-refractivity contribution in [1.82, 2.24) is 10.2 Å². The van der Waals surface area contributed by atoms with Gasteiger partial charge < -0.3 is 11.1 Å². The van der Waals surface area contributed by atoms with Gasteiger partial charge in [-0.25, -0.2) is 0 Å². The summed E-state index contributed by atoms with van der Waals surface area (Å²) in [7, 11) is 0. The van der Waals surface area contributed by atoms with Crippen LogP contribution in [0.5, 0.6) is 0 Å². The summed E-state index contributed by atoms with van der Waals surface area (Å²) in [4.78, 5) is 13.0. The Morgan fingerprint density at radius 3 is 2.79 bits per heavy atom. The van der Waals surface area contributed by atoms with Gasteiger partial charge in [-0.15, -0.1) is 0 Å². The SMILES string of the molecule is Cc1cccc(CNC2CCN(CC(N)=O)CC2)c1. The lowest BCUT2D eigenvalue weighted by molar-refractivity contribution is -0.119. The average Bonchev–Trinajstić information content (AvgIpc) is 2.37. The zero-order valence-corrected chi connectivity index (χ0v) is 11.6. The minimum Gasteiger partial charge on any atom is -0.369 e. The van der Waals surface area contributed by atoms with Crippen molar-refractivity contribution in [2.45, 2.75) is 32.4 Å². The summed E-state index contributed by atoms with van der Waals surface area (Å²) >= 11 is 0. The zero-order chi connectivity index (χ0) is 13.7. The highest BCUT2D eigenvalue weighted by Gasteiger charge is 2.19. The number of likely N-dealkylation sites (tertiary alicyclic amines) is 1. The number of nitrogens with one attached hydrogen (secondary N) is 1. The van der Waals surface area contributed by atoms with Gasteiger partial charge in [0, 0.05) is 25.7 Å². The highest BCUT2D eigenvalue weighted by Crippen LogP contribution is 2.11. The van der Waals surface area contributed by atoms with E-state index in [0.29, 0.717) is 12.6 Å². The molecule has 1 fully saturated rings. The Morgan fingerprint density at radius 1 is 1.42 bits per heavy atom. The number of hydrogen-bond donors (Lipinski definition) is 2. The van der Waals surface area contributed by atoms with Crippen molar-refractivity contribution in [3.8, 4) is 0 Å². The van der Waals surface area contributed by atoms with Crippen molar-refractivity contribution in [2.75, 3.05) is 19.6 Å². The predicted octanol–water partition coefficient (Wildman–Crippen LogP) is 1.03. The predicted molar refractivity (Wildman–Crippen MR) is 76.7 cm³/mol. The molecule has 0 radical (unpaired) electrons. The Hall–Kier alpha value is -1.39. The third-order valence-corrected chi connectivity index (χ3v) is 3.64. The lowest BCUT2D eigenvalue weighted by Gasteiger charge is -2.31. The number of carbonyl (C=O) groups is 1. The minimum atomic E-state index is -0.230. The van der Waals surface area contributed by atoms with Crippen molar-refractivity contribution >= 4 is 5.91 Å². The summed E-state index contributed by atoms with van der Waals surface area (Å²) in [5.41, 5.74) is 7.84. The molecule has 4 nitrogen and oxygen atoms in total. The van der Waals surface area contributed by atoms with Crippen LogP contribution in [0.25, 0.3) is 0 Å². The molecular formula is C15H23N3O. The molecule has 3 N–H and O–H groups in total. The average molecular weight is 261 g/mol. The molecule has 0 bridgehead atoms. The van der Waals surface area contributed by atoms with Crippen molar-refractivity contribution < 1.29 is 4.79 Å². The van der Waals surface area contributed by atoms with Gasteiger partial charge in [-0.3, -0.25) is 9.69 Å².